The third-order valence-electron chi connectivity index (χ3n) is 2.96. The molecule has 0 aliphatic rings. The molecule has 0 saturated carbocycles. The van der Waals surface area contributed by atoms with Gasteiger partial charge < -0.3 is 0 Å². The predicted molar refractivity (Wildman–Crippen MR) is 73.2 cm³/mol. The summed E-state index contributed by atoms with van der Waals surface area (Å²) in [7, 11) is -3.40. The summed E-state index contributed by atoms with van der Waals surface area (Å²) in [5, 5.41) is 0. The zero-order chi connectivity index (χ0) is 14.5. The van der Waals surface area contributed by atoms with Crippen molar-refractivity contribution in [3.05, 3.63) is 35.6 Å². The van der Waals surface area contributed by atoms with Gasteiger partial charge in [0.2, 0.25) is 0 Å². The van der Waals surface area contributed by atoms with E-state index in [1.807, 2.05) is 13.8 Å². The topological polar surface area (TPSA) is 51.2 Å². The molecule has 1 unspecified atom stereocenters. The molecule has 3 nitrogen and oxygen atoms in total. The van der Waals surface area contributed by atoms with E-state index in [1.165, 1.54) is 18.2 Å². The van der Waals surface area contributed by atoms with Crippen LogP contribution in [0.3, 0.4) is 0 Å². The fourth-order valence-corrected chi connectivity index (χ4v) is 3.57. The quantitative estimate of drug-likeness (QED) is 0.773. The third-order valence-corrected chi connectivity index (χ3v) is 4.80. The van der Waals surface area contributed by atoms with E-state index in [0.717, 1.165) is 6.42 Å². The van der Waals surface area contributed by atoms with E-state index < -0.39 is 27.2 Å². The van der Waals surface area contributed by atoms with Gasteiger partial charge in [0.05, 0.1) is 5.75 Å². The molecule has 1 atom stereocenters. The summed E-state index contributed by atoms with van der Waals surface area (Å²) >= 11 is 0. The van der Waals surface area contributed by atoms with Crippen LogP contribution in [-0.2, 0) is 21.1 Å². The van der Waals surface area contributed by atoms with Crippen LogP contribution in [-0.4, -0.2) is 25.7 Å². The Kier molecular flexibility index (Phi) is 5.66. The second-order valence-electron chi connectivity index (χ2n) is 4.87. The van der Waals surface area contributed by atoms with Gasteiger partial charge in [0.1, 0.15) is 11.6 Å². The first kappa shape index (κ1) is 15.8. The number of rotatable bonds is 7. The maximum Gasteiger partial charge on any atom is 0.157 e. The van der Waals surface area contributed by atoms with E-state index >= 15 is 0 Å². The lowest BCUT2D eigenvalue weighted by Gasteiger charge is -2.09. The molecule has 0 heterocycles. The van der Waals surface area contributed by atoms with E-state index in [-0.39, 0.29) is 23.7 Å². The van der Waals surface area contributed by atoms with Crippen molar-refractivity contribution in [1.82, 2.24) is 0 Å². The van der Waals surface area contributed by atoms with Crippen molar-refractivity contribution in [2.45, 2.75) is 26.7 Å². The molecule has 0 aliphatic heterocycles. The predicted octanol–water partition coefficient (Wildman–Crippen LogP) is 2.40. The number of benzene rings is 1. The Hall–Kier alpha value is -1.23. The Morgan fingerprint density at radius 1 is 1.32 bits per heavy atom. The summed E-state index contributed by atoms with van der Waals surface area (Å²) in [6.45, 7) is 3.74. The minimum atomic E-state index is -3.40. The molecule has 0 amide bonds. The normalized spacial score (nSPS) is 13.2. The zero-order valence-electron chi connectivity index (χ0n) is 11.2. The van der Waals surface area contributed by atoms with Crippen molar-refractivity contribution in [3.8, 4) is 0 Å². The highest BCUT2D eigenvalue weighted by Gasteiger charge is 2.20. The first-order valence-corrected chi connectivity index (χ1v) is 8.11. The zero-order valence-corrected chi connectivity index (χ0v) is 12.0. The van der Waals surface area contributed by atoms with Gasteiger partial charge in [0.25, 0.3) is 0 Å². The van der Waals surface area contributed by atoms with Gasteiger partial charge in [-0.05, 0) is 17.5 Å². The summed E-state index contributed by atoms with van der Waals surface area (Å²) in [5.74, 6) is -1.41. The molecular weight excluding hydrogens is 267 g/mol. The molecule has 19 heavy (non-hydrogen) atoms. The van der Waals surface area contributed by atoms with Crippen molar-refractivity contribution < 1.29 is 17.6 Å². The summed E-state index contributed by atoms with van der Waals surface area (Å²) in [4.78, 5) is 11.7. The Bertz CT molecular complexity index is 537. The summed E-state index contributed by atoms with van der Waals surface area (Å²) in [6, 6.07) is 5.91. The van der Waals surface area contributed by atoms with Crippen LogP contribution in [0.2, 0.25) is 0 Å². The second-order valence-corrected chi connectivity index (χ2v) is 6.98. The molecule has 5 heteroatoms. The van der Waals surface area contributed by atoms with Crippen LogP contribution < -0.4 is 0 Å². The molecule has 106 valence electrons. The van der Waals surface area contributed by atoms with Gasteiger partial charge in [-0.2, -0.15) is 0 Å². The average molecular weight is 286 g/mol. The molecule has 1 aromatic rings. The highest BCUT2D eigenvalue weighted by molar-refractivity contribution is 7.92. The minimum Gasteiger partial charge on any atom is -0.298 e. The maximum atomic E-state index is 13.3. The first-order valence-electron chi connectivity index (χ1n) is 6.29. The number of hydrogen-bond acceptors (Lipinski definition) is 3. The number of carbonyl (C=O) groups is 1. The lowest BCUT2D eigenvalue weighted by Crippen LogP contribution is -2.23. The Labute approximate surface area is 113 Å². The molecule has 0 N–H and O–H groups in total. The van der Waals surface area contributed by atoms with E-state index in [1.54, 1.807) is 6.07 Å². The highest BCUT2D eigenvalue weighted by Crippen LogP contribution is 2.10. The fourth-order valence-electron chi connectivity index (χ4n) is 1.76. The van der Waals surface area contributed by atoms with Crippen LogP contribution in [0, 0.1) is 11.7 Å². The third kappa shape index (κ3) is 5.51. The summed E-state index contributed by atoms with van der Waals surface area (Å²) < 4.78 is 36.9. The monoisotopic (exact) mass is 286 g/mol. The molecule has 0 aliphatic carbocycles. The Morgan fingerprint density at radius 3 is 2.53 bits per heavy atom. The van der Waals surface area contributed by atoms with Gasteiger partial charge in [-0.25, -0.2) is 12.8 Å². The SMILES string of the molecule is CCC(C)CS(=O)(=O)CC(=O)Cc1ccccc1F. The second kappa shape index (κ2) is 6.80. The van der Waals surface area contributed by atoms with Crippen LogP contribution in [0.4, 0.5) is 4.39 Å². The molecule has 0 spiro atoms. The fraction of sp³-hybridized carbons (Fsp3) is 0.500. The van der Waals surface area contributed by atoms with E-state index in [0.29, 0.717) is 0 Å². The van der Waals surface area contributed by atoms with Crippen molar-refractivity contribution in [2.75, 3.05) is 11.5 Å². The molecule has 0 saturated heterocycles. The number of Topliss-reactive ketones (excluding diaryl/α,β-unsaturated/α-hetero) is 1. The molecule has 0 aromatic heterocycles. The molecule has 0 fully saturated rings. The van der Waals surface area contributed by atoms with Crippen LogP contribution >= 0.6 is 0 Å². The van der Waals surface area contributed by atoms with Gasteiger partial charge in [0, 0.05) is 6.42 Å². The minimum absolute atomic E-state index is 0.00646. The summed E-state index contributed by atoms with van der Waals surface area (Å²) in [5.41, 5.74) is 0.242. The molecular formula is C14H19FO3S. The Balaban J connectivity index is 2.63. The van der Waals surface area contributed by atoms with Crippen LogP contribution in [0.1, 0.15) is 25.8 Å². The first-order chi connectivity index (χ1) is 8.84. The average Bonchev–Trinajstić information content (AvgIpc) is 2.30. The molecule has 0 radical (unpaired) electrons. The van der Waals surface area contributed by atoms with Crippen LogP contribution in [0.25, 0.3) is 0 Å². The number of carbonyl (C=O) groups excluding carboxylic acids is 1. The van der Waals surface area contributed by atoms with Crippen molar-refractivity contribution in [3.63, 3.8) is 0 Å². The highest BCUT2D eigenvalue weighted by atomic mass is 32.2. The van der Waals surface area contributed by atoms with Crippen molar-refractivity contribution >= 4 is 15.6 Å². The number of halogens is 1. The standard InChI is InChI=1S/C14H19FO3S/c1-3-11(2)9-19(17,18)10-13(16)8-12-6-4-5-7-14(12)15/h4-7,11H,3,8-10H2,1-2H3. The van der Waals surface area contributed by atoms with E-state index in [2.05, 4.69) is 0 Å². The maximum absolute atomic E-state index is 13.3. The molecule has 1 rings (SSSR count). The van der Waals surface area contributed by atoms with Crippen molar-refractivity contribution in [1.29, 1.82) is 0 Å². The number of ketones is 1. The van der Waals surface area contributed by atoms with Crippen LogP contribution in [0.5, 0.6) is 0 Å². The van der Waals surface area contributed by atoms with Gasteiger partial charge in [-0.15, -0.1) is 0 Å². The van der Waals surface area contributed by atoms with Crippen molar-refractivity contribution in [2.24, 2.45) is 5.92 Å². The van der Waals surface area contributed by atoms with Gasteiger partial charge >= 0.3 is 0 Å². The molecule has 0 bridgehead atoms. The van der Waals surface area contributed by atoms with Crippen LogP contribution in [0.15, 0.2) is 24.3 Å². The van der Waals surface area contributed by atoms with E-state index in [4.69, 9.17) is 0 Å². The lowest BCUT2D eigenvalue weighted by atomic mass is 10.1. The molecule has 1 aromatic carbocycles. The van der Waals surface area contributed by atoms with Gasteiger partial charge in [0.15, 0.2) is 15.6 Å². The van der Waals surface area contributed by atoms with E-state index in [9.17, 15) is 17.6 Å². The number of sulfone groups is 1. The largest absolute Gasteiger partial charge is 0.298 e. The smallest absolute Gasteiger partial charge is 0.157 e. The lowest BCUT2D eigenvalue weighted by molar-refractivity contribution is -0.116. The summed E-state index contributed by atoms with van der Waals surface area (Å²) in [6.07, 6.45) is 0.577. The Morgan fingerprint density at radius 2 is 1.95 bits per heavy atom. The number of hydrogen-bond donors (Lipinski definition) is 0. The van der Waals surface area contributed by atoms with Gasteiger partial charge in [-0.1, -0.05) is 38.5 Å². The van der Waals surface area contributed by atoms with Gasteiger partial charge in [-0.3, -0.25) is 4.79 Å².